The quantitative estimate of drug-likeness (QED) is 0.874. The Balaban J connectivity index is 2.30. The zero-order valence-corrected chi connectivity index (χ0v) is 12.3. The van der Waals surface area contributed by atoms with E-state index in [-0.39, 0.29) is 11.8 Å². The van der Waals surface area contributed by atoms with Gasteiger partial charge in [-0.2, -0.15) is 5.10 Å². The zero-order chi connectivity index (χ0) is 15.2. The number of carbonyl (C=O) groups is 1. The van der Waals surface area contributed by atoms with Gasteiger partial charge < -0.3 is 10.6 Å². The molecule has 0 bridgehead atoms. The highest BCUT2D eigenvalue weighted by molar-refractivity contribution is 6.05. The van der Waals surface area contributed by atoms with Crippen molar-refractivity contribution in [2.75, 3.05) is 17.2 Å². The fourth-order valence-electron chi connectivity index (χ4n) is 1.71. The number of anilines is 2. The molecule has 0 aliphatic heterocycles. The fourth-order valence-corrected chi connectivity index (χ4v) is 1.71. The number of nitrogens with zero attached hydrogens (tertiary/aromatic N) is 4. The van der Waals surface area contributed by atoms with Crippen molar-refractivity contribution in [3.63, 3.8) is 0 Å². The Morgan fingerprint density at radius 3 is 2.81 bits per heavy atom. The lowest BCUT2D eigenvalue weighted by molar-refractivity contribution is 0.102. The van der Waals surface area contributed by atoms with Gasteiger partial charge in [-0.05, 0) is 19.1 Å². The van der Waals surface area contributed by atoms with Crippen molar-refractivity contribution in [1.82, 2.24) is 20.2 Å². The van der Waals surface area contributed by atoms with Crippen LogP contribution in [0.5, 0.6) is 0 Å². The molecule has 2 aromatic rings. The summed E-state index contributed by atoms with van der Waals surface area (Å²) in [4.78, 5) is 21.0. The molecule has 1 amide bonds. The maximum atomic E-state index is 12.4. The molecular formula is C14H18N6O. The first-order valence-corrected chi connectivity index (χ1v) is 6.81. The van der Waals surface area contributed by atoms with E-state index in [1.807, 2.05) is 20.8 Å². The van der Waals surface area contributed by atoms with Crippen LogP contribution in [0.3, 0.4) is 0 Å². The average Bonchev–Trinajstić information content (AvgIpc) is 2.48. The highest BCUT2D eigenvalue weighted by Gasteiger charge is 2.17. The number of amides is 1. The van der Waals surface area contributed by atoms with Crippen LogP contribution in [0, 0.1) is 0 Å². The Morgan fingerprint density at radius 1 is 1.38 bits per heavy atom. The van der Waals surface area contributed by atoms with Gasteiger partial charge in [0.05, 0.1) is 11.9 Å². The summed E-state index contributed by atoms with van der Waals surface area (Å²) in [5, 5.41) is 13.3. The van der Waals surface area contributed by atoms with Crippen molar-refractivity contribution < 1.29 is 4.79 Å². The van der Waals surface area contributed by atoms with Crippen LogP contribution in [0.4, 0.5) is 11.5 Å². The Hall–Kier alpha value is -2.57. The van der Waals surface area contributed by atoms with E-state index in [0.29, 0.717) is 29.6 Å². The summed E-state index contributed by atoms with van der Waals surface area (Å²) in [5.74, 6) is 0.815. The van der Waals surface area contributed by atoms with Gasteiger partial charge in [-0.1, -0.05) is 13.8 Å². The third-order valence-electron chi connectivity index (χ3n) is 2.72. The summed E-state index contributed by atoms with van der Waals surface area (Å²) in [7, 11) is 0. The molecule has 2 rings (SSSR count). The van der Waals surface area contributed by atoms with Crippen LogP contribution in [0.2, 0.25) is 0 Å². The molecule has 21 heavy (non-hydrogen) atoms. The molecule has 2 N–H and O–H groups in total. The number of hydrogen-bond acceptors (Lipinski definition) is 6. The largest absolute Gasteiger partial charge is 0.382 e. The van der Waals surface area contributed by atoms with Gasteiger partial charge in [-0.3, -0.25) is 4.79 Å². The van der Waals surface area contributed by atoms with Crippen LogP contribution < -0.4 is 10.6 Å². The van der Waals surface area contributed by atoms with Crippen LogP contribution in [0.25, 0.3) is 0 Å². The number of carbonyl (C=O) groups excluding carboxylic acids is 1. The van der Waals surface area contributed by atoms with E-state index >= 15 is 0 Å². The summed E-state index contributed by atoms with van der Waals surface area (Å²) in [6.45, 7) is 6.58. The molecule has 2 aromatic heterocycles. The molecule has 7 heteroatoms. The SMILES string of the molecule is CCNc1cnc(C(C)C)nc1C(=O)Nc1cccnn1. The molecule has 0 fully saturated rings. The third-order valence-corrected chi connectivity index (χ3v) is 2.72. The molecular weight excluding hydrogens is 268 g/mol. The van der Waals surface area contributed by atoms with Gasteiger partial charge in [-0.25, -0.2) is 9.97 Å². The molecule has 0 atom stereocenters. The molecule has 0 aliphatic rings. The summed E-state index contributed by atoms with van der Waals surface area (Å²) < 4.78 is 0. The summed E-state index contributed by atoms with van der Waals surface area (Å²) in [6.07, 6.45) is 3.18. The lowest BCUT2D eigenvalue weighted by Gasteiger charge is -2.12. The van der Waals surface area contributed by atoms with E-state index in [1.165, 1.54) is 0 Å². The Morgan fingerprint density at radius 2 is 2.19 bits per heavy atom. The van der Waals surface area contributed by atoms with E-state index in [9.17, 15) is 4.79 Å². The second kappa shape index (κ2) is 6.74. The van der Waals surface area contributed by atoms with Gasteiger partial charge in [0, 0.05) is 18.7 Å². The van der Waals surface area contributed by atoms with Crippen molar-refractivity contribution in [2.45, 2.75) is 26.7 Å². The van der Waals surface area contributed by atoms with Crippen molar-refractivity contribution in [3.05, 3.63) is 36.0 Å². The van der Waals surface area contributed by atoms with Gasteiger partial charge in [0.15, 0.2) is 11.5 Å². The number of rotatable bonds is 5. The predicted octanol–water partition coefficient (Wildman–Crippen LogP) is 2.07. The number of hydrogen-bond donors (Lipinski definition) is 2. The van der Waals surface area contributed by atoms with Crippen molar-refractivity contribution in [3.8, 4) is 0 Å². The van der Waals surface area contributed by atoms with Crippen LogP contribution >= 0.6 is 0 Å². The first-order chi connectivity index (χ1) is 10.1. The van der Waals surface area contributed by atoms with Gasteiger partial charge in [0.1, 0.15) is 5.82 Å². The topological polar surface area (TPSA) is 92.7 Å². The van der Waals surface area contributed by atoms with Crippen molar-refractivity contribution >= 4 is 17.4 Å². The van der Waals surface area contributed by atoms with Crippen molar-refractivity contribution in [2.24, 2.45) is 0 Å². The minimum absolute atomic E-state index is 0.142. The van der Waals surface area contributed by atoms with Crippen LogP contribution in [0.1, 0.15) is 43.0 Å². The average molecular weight is 286 g/mol. The maximum Gasteiger partial charge on any atom is 0.277 e. The molecule has 0 unspecified atom stereocenters. The first kappa shape index (κ1) is 14.8. The fraction of sp³-hybridized carbons (Fsp3) is 0.357. The predicted molar refractivity (Wildman–Crippen MR) is 80.3 cm³/mol. The van der Waals surface area contributed by atoms with E-state index in [2.05, 4.69) is 30.8 Å². The molecule has 0 saturated heterocycles. The molecule has 0 aliphatic carbocycles. The second-order valence-electron chi connectivity index (χ2n) is 4.74. The van der Waals surface area contributed by atoms with E-state index in [1.54, 1.807) is 24.5 Å². The molecule has 110 valence electrons. The molecule has 0 aromatic carbocycles. The lowest BCUT2D eigenvalue weighted by atomic mass is 10.2. The minimum atomic E-state index is -0.337. The van der Waals surface area contributed by atoms with E-state index in [0.717, 1.165) is 0 Å². The molecule has 0 spiro atoms. The van der Waals surface area contributed by atoms with Gasteiger partial charge >= 0.3 is 0 Å². The Bertz CT molecular complexity index is 614. The monoisotopic (exact) mass is 286 g/mol. The molecule has 7 nitrogen and oxygen atoms in total. The standard InChI is InChI=1S/C14H18N6O/c1-4-15-10-8-16-13(9(2)3)19-12(10)14(21)18-11-6-5-7-17-20-11/h5-9,15H,4H2,1-3H3,(H,18,20,21). The van der Waals surface area contributed by atoms with E-state index < -0.39 is 0 Å². The third kappa shape index (κ3) is 3.71. The Labute approximate surface area is 123 Å². The van der Waals surface area contributed by atoms with Crippen LogP contribution in [-0.4, -0.2) is 32.6 Å². The number of nitrogens with one attached hydrogen (secondary N) is 2. The highest BCUT2D eigenvalue weighted by atomic mass is 16.2. The second-order valence-corrected chi connectivity index (χ2v) is 4.74. The Kier molecular flexibility index (Phi) is 4.76. The van der Waals surface area contributed by atoms with Crippen LogP contribution in [-0.2, 0) is 0 Å². The molecule has 0 radical (unpaired) electrons. The smallest absolute Gasteiger partial charge is 0.277 e. The van der Waals surface area contributed by atoms with Crippen molar-refractivity contribution in [1.29, 1.82) is 0 Å². The summed E-state index contributed by atoms with van der Waals surface area (Å²) in [6, 6.07) is 3.37. The lowest BCUT2D eigenvalue weighted by Crippen LogP contribution is -2.19. The number of aromatic nitrogens is 4. The molecule has 0 saturated carbocycles. The van der Waals surface area contributed by atoms with E-state index in [4.69, 9.17) is 0 Å². The normalized spacial score (nSPS) is 10.5. The van der Waals surface area contributed by atoms with Gasteiger partial charge in [0.25, 0.3) is 5.91 Å². The summed E-state index contributed by atoms with van der Waals surface area (Å²) >= 11 is 0. The van der Waals surface area contributed by atoms with Gasteiger partial charge in [-0.15, -0.1) is 5.10 Å². The first-order valence-electron chi connectivity index (χ1n) is 6.81. The van der Waals surface area contributed by atoms with Gasteiger partial charge in [0.2, 0.25) is 0 Å². The molecule has 2 heterocycles. The maximum absolute atomic E-state index is 12.4. The van der Waals surface area contributed by atoms with Crippen LogP contribution in [0.15, 0.2) is 24.5 Å². The zero-order valence-electron chi connectivity index (χ0n) is 12.3. The minimum Gasteiger partial charge on any atom is -0.382 e. The highest BCUT2D eigenvalue weighted by Crippen LogP contribution is 2.17. The summed E-state index contributed by atoms with van der Waals surface area (Å²) in [5.41, 5.74) is 0.907.